The SMILES string of the molecule is O=S(=O)(Cl)c1cc(Cl)c(OCc2ccccc2)cc1Cl. The van der Waals surface area contributed by atoms with Crippen molar-refractivity contribution in [3.05, 3.63) is 58.1 Å². The molecule has 106 valence electrons. The number of rotatable bonds is 4. The maximum Gasteiger partial charge on any atom is 0.262 e. The molecule has 3 nitrogen and oxygen atoms in total. The fraction of sp³-hybridized carbons (Fsp3) is 0.0769. The van der Waals surface area contributed by atoms with Gasteiger partial charge >= 0.3 is 0 Å². The smallest absolute Gasteiger partial charge is 0.262 e. The molecule has 0 atom stereocenters. The van der Waals surface area contributed by atoms with E-state index in [1.165, 1.54) is 12.1 Å². The van der Waals surface area contributed by atoms with E-state index in [9.17, 15) is 8.42 Å². The van der Waals surface area contributed by atoms with Gasteiger partial charge in [-0.1, -0.05) is 53.5 Å². The summed E-state index contributed by atoms with van der Waals surface area (Å²) in [5, 5.41) is 0.0945. The van der Waals surface area contributed by atoms with Crippen LogP contribution in [0.2, 0.25) is 10.0 Å². The van der Waals surface area contributed by atoms with Crippen molar-refractivity contribution < 1.29 is 13.2 Å². The first-order valence-corrected chi connectivity index (χ1v) is 8.55. The summed E-state index contributed by atoms with van der Waals surface area (Å²) in [5.41, 5.74) is 0.953. The number of hydrogen-bond acceptors (Lipinski definition) is 3. The van der Waals surface area contributed by atoms with E-state index < -0.39 is 9.05 Å². The van der Waals surface area contributed by atoms with Crippen LogP contribution in [-0.2, 0) is 15.7 Å². The van der Waals surface area contributed by atoms with Crippen LogP contribution < -0.4 is 4.74 Å². The third kappa shape index (κ3) is 3.79. The van der Waals surface area contributed by atoms with E-state index in [1.54, 1.807) is 0 Å². The molecular formula is C13H9Cl3O3S. The minimum Gasteiger partial charge on any atom is -0.487 e. The van der Waals surface area contributed by atoms with Crippen LogP contribution >= 0.6 is 33.9 Å². The van der Waals surface area contributed by atoms with Gasteiger partial charge in [0.2, 0.25) is 0 Å². The molecule has 0 spiro atoms. The molecule has 0 unspecified atom stereocenters. The molecule has 20 heavy (non-hydrogen) atoms. The summed E-state index contributed by atoms with van der Waals surface area (Å²) in [6, 6.07) is 12.0. The molecule has 0 saturated carbocycles. The molecule has 0 aliphatic heterocycles. The highest BCUT2D eigenvalue weighted by molar-refractivity contribution is 8.13. The zero-order valence-electron chi connectivity index (χ0n) is 10.0. The zero-order valence-corrected chi connectivity index (χ0v) is 13.1. The second-order valence-electron chi connectivity index (χ2n) is 3.93. The van der Waals surface area contributed by atoms with Gasteiger partial charge in [-0.05, 0) is 11.6 Å². The number of ether oxygens (including phenoxy) is 1. The average Bonchev–Trinajstić information content (AvgIpc) is 2.39. The first kappa shape index (κ1) is 15.4. The summed E-state index contributed by atoms with van der Waals surface area (Å²) in [6.07, 6.45) is 0. The lowest BCUT2D eigenvalue weighted by Gasteiger charge is -2.10. The van der Waals surface area contributed by atoms with E-state index in [1.807, 2.05) is 30.3 Å². The van der Waals surface area contributed by atoms with E-state index in [-0.39, 0.29) is 14.9 Å². The van der Waals surface area contributed by atoms with Gasteiger partial charge in [-0.3, -0.25) is 0 Å². The van der Waals surface area contributed by atoms with Gasteiger partial charge in [-0.15, -0.1) is 0 Å². The molecular weight excluding hydrogens is 343 g/mol. The molecule has 0 N–H and O–H groups in total. The van der Waals surface area contributed by atoms with Crippen LogP contribution in [0.3, 0.4) is 0 Å². The largest absolute Gasteiger partial charge is 0.487 e. The van der Waals surface area contributed by atoms with Gasteiger partial charge in [0.15, 0.2) is 0 Å². The van der Waals surface area contributed by atoms with Crippen LogP contribution in [-0.4, -0.2) is 8.42 Å². The average molecular weight is 352 g/mol. The Bertz CT molecular complexity index is 715. The molecule has 0 heterocycles. The third-order valence-corrected chi connectivity index (χ3v) is 4.57. The van der Waals surface area contributed by atoms with Gasteiger partial charge in [0.25, 0.3) is 9.05 Å². The fourth-order valence-electron chi connectivity index (χ4n) is 1.54. The van der Waals surface area contributed by atoms with Crippen molar-refractivity contribution in [2.75, 3.05) is 0 Å². The van der Waals surface area contributed by atoms with Crippen molar-refractivity contribution in [1.82, 2.24) is 0 Å². The Kier molecular flexibility index (Phi) is 4.81. The molecule has 0 fully saturated rings. The highest BCUT2D eigenvalue weighted by Crippen LogP contribution is 2.35. The normalized spacial score (nSPS) is 11.3. The van der Waals surface area contributed by atoms with E-state index >= 15 is 0 Å². The van der Waals surface area contributed by atoms with E-state index in [0.29, 0.717) is 12.4 Å². The molecule has 2 aromatic carbocycles. The lowest BCUT2D eigenvalue weighted by Crippen LogP contribution is -1.98. The number of halogens is 3. The Morgan fingerprint density at radius 3 is 2.25 bits per heavy atom. The highest BCUT2D eigenvalue weighted by Gasteiger charge is 2.18. The standard InChI is InChI=1S/C13H9Cl3O3S/c14-10-7-13(20(16,17)18)11(15)6-12(10)19-8-9-4-2-1-3-5-9/h1-7H,8H2. The highest BCUT2D eigenvalue weighted by atomic mass is 35.7. The monoisotopic (exact) mass is 350 g/mol. The molecule has 2 aromatic rings. The minimum absolute atomic E-state index is 0.0348. The van der Waals surface area contributed by atoms with Gasteiger partial charge in [0.05, 0.1) is 10.0 Å². The molecule has 2 rings (SSSR count). The summed E-state index contributed by atoms with van der Waals surface area (Å²) in [7, 11) is 1.31. The second kappa shape index (κ2) is 6.22. The van der Waals surface area contributed by atoms with Gasteiger partial charge in [0.1, 0.15) is 17.3 Å². The Morgan fingerprint density at radius 1 is 1.00 bits per heavy atom. The van der Waals surface area contributed by atoms with Crippen LogP contribution in [0.1, 0.15) is 5.56 Å². The first-order valence-electron chi connectivity index (χ1n) is 5.48. The van der Waals surface area contributed by atoms with Crippen molar-refractivity contribution in [1.29, 1.82) is 0 Å². The van der Waals surface area contributed by atoms with Crippen molar-refractivity contribution in [3.63, 3.8) is 0 Å². The summed E-state index contributed by atoms with van der Waals surface area (Å²) < 4.78 is 28.1. The molecule has 0 saturated heterocycles. The lowest BCUT2D eigenvalue weighted by molar-refractivity contribution is 0.306. The topological polar surface area (TPSA) is 43.4 Å². The maximum atomic E-state index is 11.3. The predicted molar refractivity (Wildman–Crippen MR) is 80.3 cm³/mol. The maximum absolute atomic E-state index is 11.3. The molecule has 0 aromatic heterocycles. The van der Waals surface area contributed by atoms with Crippen molar-refractivity contribution in [2.24, 2.45) is 0 Å². The van der Waals surface area contributed by atoms with Crippen LogP contribution in [0, 0.1) is 0 Å². The Balaban J connectivity index is 2.24. The van der Waals surface area contributed by atoms with Crippen LogP contribution in [0.25, 0.3) is 0 Å². The summed E-state index contributed by atoms with van der Waals surface area (Å²) in [6.45, 7) is 0.295. The van der Waals surface area contributed by atoms with Gasteiger partial charge in [-0.2, -0.15) is 0 Å². The predicted octanol–water partition coefficient (Wildman–Crippen LogP) is 4.50. The van der Waals surface area contributed by atoms with E-state index in [0.717, 1.165) is 5.56 Å². The molecule has 0 bridgehead atoms. The quantitative estimate of drug-likeness (QED) is 0.762. The van der Waals surface area contributed by atoms with Gasteiger partial charge in [-0.25, -0.2) is 8.42 Å². The van der Waals surface area contributed by atoms with Gasteiger partial charge < -0.3 is 4.74 Å². The lowest BCUT2D eigenvalue weighted by atomic mass is 10.2. The summed E-state index contributed by atoms with van der Waals surface area (Å²) in [5.74, 6) is 0.296. The molecule has 0 aliphatic carbocycles. The second-order valence-corrected chi connectivity index (χ2v) is 7.27. The Hall–Kier alpha value is -0.940. The summed E-state index contributed by atoms with van der Waals surface area (Å²) in [4.78, 5) is -0.238. The zero-order chi connectivity index (χ0) is 14.8. The minimum atomic E-state index is -3.94. The molecule has 7 heteroatoms. The van der Waals surface area contributed by atoms with Crippen LogP contribution in [0.4, 0.5) is 0 Å². The first-order chi connectivity index (χ1) is 9.38. The van der Waals surface area contributed by atoms with E-state index in [2.05, 4.69) is 0 Å². The third-order valence-electron chi connectivity index (χ3n) is 2.49. The number of benzene rings is 2. The molecule has 0 aliphatic rings. The van der Waals surface area contributed by atoms with Crippen LogP contribution in [0.15, 0.2) is 47.4 Å². The summed E-state index contributed by atoms with van der Waals surface area (Å²) >= 11 is 11.8. The van der Waals surface area contributed by atoms with E-state index in [4.69, 9.17) is 38.6 Å². The fourth-order valence-corrected chi connectivity index (χ4v) is 3.34. The molecule has 0 radical (unpaired) electrons. The molecule has 0 amide bonds. The number of hydrogen-bond donors (Lipinski definition) is 0. The van der Waals surface area contributed by atoms with Crippen molar-refractivity contribution in [2.45, 2.75) is 11.5 Å². The Labute approximate surface area is 131 Å². The van der Waals surface area contributed by atoms with Crippen molar-refractivity contribution >= 4 is 42.9 Å². The van der Waals surface area contributed by atoms with Gasteiger partial charge in [0, 0.05) is 16.7 Å². The van der Waals surface area contributed by atoms with Crippen molar-refractivity contribution in [3.8, 4) is 5.75 Å². The van der Waals surface area contributed by atoms with Crippen LogP contribution in [0.5, 0.6) is 5.75 Å². The Morgan fingerprint density at radius 2 is 1.65 bits per heavy atom.